The Bertz CT molecular complexity index is 1600. The molecule has 6 rings (SSSR count). The van der Waals surface area contributed by atoms with Crippen LogP contribution in [-0.2, 0) is 22.4 Å². The number of aromatic amines is 1. The Kier molecular flexibility index (Phi) is 5.94. The topological polar surface area (TPSA) is 126 Å². The third-order valence-electron chi connectivity index (χ3n) is 7.41. The van der Waals surface area contributed by atoms with Gasteiger partial charge in [0.25, 0.3) is 5.56 Å². The Hall–Kier alpha value is -4.47. The van der Waals surface area contributed by atoms with Gasteiger partial charge >= 0.3 is 0 Å². The van der Waals surface area contributed by atoms with Crippen LogP contribution in [0, 0.1) is 19.8 Å². The lowest BCUT2D eigenvalue weighted by atomic mass is 9.97. The van der Waals surface area contributed by atoms with Crippen molar-refractivity contribution in [3.63, 3.8) is 0 Å². The molecule has 1 unspecified atom stereocenters. The van der Waals surface area contributed by atoms with E-state index in [0.29, 0.717) is 29.3 Å². The average Bonchev–Trinajstić information content (AvgIpc) is 3.66. The first-order valence-corrected chi connectivity index (χ1v) is 12.8. The summed E-state index contributed by atoms with van der Waals surface area (Å²) in [5.74, 6) is 0.114. The molecule has 0 bridgehead atoms. The number of nitrogens with one attached hydrogen (secondary N) is 2. The van der Waals surface area contributed by atoms with Gasteiger partial charge in [0.15, 0.2) is 5.76 Å². The Morgan fingerprint density at radius 2 is 1.95 bits per heavy atom. The van der Waals surface area contributed by atoms with E-state index in [1.165, 1.54) is 10.9 Å². The van der Waals surface area contributed by atoms with Crippen molar-refractivity contribution >= 4 is 23.3 Å². The Morgan fingerprint density at radius 3 is 2.74 bits per heavy atom. The fourth-order valence-corrected chi connectivity index (χ4v) is 5.12. The standard InChI is InChI=1S/C28H28N6O4/c1-16-9-10-19(12-17(16)2)33-15-18(13-25(33)35)26(36)30-24-14-22(23-8-5-11-38-23)32-34(24)28-29-21-7-4-3-6-20(21)27(37)31-28/h5,8-12,14,18H,3-4,6-7,13,15H2,1-2H3,(H,30,36)(H,29,31,37). The normalized spacial score (nSPS) is 17.1. The summed E-state index contributed by atoms with van der Waals surface area (Å²) in [5.41, 5.74) is 4.77. The fraction of sp³-hybridized carbons (Fsp3) is 0.321. The van der Waals surface area contributed by atoms with E-state index in [4.69, 9.17) is 4.42 Å². The molecule has 1 aromatic carbocycles. The van der Waals surface area contributed by atoms with Gasteiger partial charge < -0.3 is 14.6 Å². The summed E-state index contributed by atoms with van der Waals surface area (Å²) in [7, 11) is 0. The molecule has 2 aliphatic rings. The van der Waals surface area contributed by atoms with E-state index in [-0.39, 0.29) is 36.3 Å². The van der Waals surface area contributed by atoms with Crippen LogP contribution in [-0.4, -0.2) is 38.1 Å². The molecule has 3 aromatic heterocycles. The number of carbonyl (C=O) groups excluding carboxylic acids is 2. The van der Waals surface area contributed by atoms with E-state index >= 15 is 0 Å². The number of aryl methyl sites for hydroxylation is 3. The maximum Gasteiger partial charge on any atom is 0.255 e. The minimum Gasteiger partial charge on any atom is -0.463 e. The zero-order valence-corrected chi connectivity index (χ0v) is 21.3. The number of nitrogens with zero attached hydrogens (tertiary/aromatic N) is 4. The van der Waals surface area contributed by atoms with Crippen LogP contribution in [0.1, 0.15) is 41.6 Å². The van der Waals surface area contributed by atoms with E-state index < -0.39 is 5.92 Å². The maximum absolute atomic E-state index is 13.4. The highest BCUT2D eigenvalue weighted by atomic mass is 16.3. The number of aromatic nitrogens is 4. The molecular formula is C28H28N6O4. The summed E-state index contributed by atoms with van der Waals surface area (Å²) in [6, 6.07) is 11.0. The van der Waals surface area contributed by atoms with Crippen molar-refractivity contribution in [3.8, 4) is 17.4 Å². The first-order chi connectivity index (χ1) is 18.4. The molecule has 2 amide bonds. The Labute approximate surface area is 218 Å². The number of amides is 2. The average molecular weight is 513 g/mol. The summed E-state index contributed by atoms with van der Waals surface area (Å²) < 4.78 is 6.93. The third-order valence-corrected chi connectivity index (χ3v) is 7.41. The Morgan fingerprint density at radius 1 is 1.11 bits per heavy atom. The van der Waals surface area contributed by atoms with Crippen LogP contribution in [0.5, 0.6) is 0 Å². The first kappa shape index (κ1) is 23.9. The van der Waals surface area contributed by atoms with Crippen LogP contribution in [0.3, 0.4) is 0 Å². The van der Waals surface area contributed by atoms with Crippen LogP contribution in [0.15, 0.2) is 51.9 Å². The van der Waals surface area contributed by atoms with Crippen molar-refractivity contribution < 1.29 is 14.0 Å². The van der Waals surface area contributed by atoms with E-state index in [1.54, 1.807) is 23.1 Å². The predicted molar refractivity (Wildman–Crippen MR) is 141 cm³/mol. The van der Waals surface area contributed by atoms with Gasteiger partial charge in [0.05, 0.1) is 17.9 Å². The second-order valence-electron chi connectivity index (χ2n) is 9.99. The number of hydrogen-bond donors (Lipinski definition) is 2. The molecule has 0 spiro atoms. The first-order valence-electron chi connectivity index (χ1n) is 12.8. The second kappa shape index (κ2) is 9.44. The molecule has 4 heterocycles. The van der Waals surface area contributed by atoms with E-state index in [0.717, 1.165) is 41.8 Å². The molecular weight excluding hydrogens is 484 g/mol. The number of rotatable bonds is 5. The number of anilines is 2. The van der Waals surface area contributed by atoms with Crippen molar-refractivity contribution in [3.05, 3.63) is 75.4 Å². The zero-order chi connectivity index (χ0) is 26.4. The maximum atomic E-state index is 13.4. The van der Waals surface area contributed by atoms with Crippen LogP contribution in [0.4, 0.5) is 11.5 Å². The third kappa shape index (κ3) is 4.31. The summed E-state index contributed by atoms with van der Waals surface area (Å²) in [5, 5.41) is 7.51. The summed E-state index contributed by atoms with van der Waals surface area (Å²) in [4.78, 5) is 48.2. The van der Waals surface area contributed by atoms with Crippen molar-refractivity contribution in [2.45, 2.75) is 46.0 Å². The molecule has 4 aromatic rings. The van der Waals surface area contributed by atoms with Gasteiger partial charge in [-0.25, -0.2) is 4.98 Å². The van der Waals surface area contributed by atoms with E-state index in [9.17, 15) is 14.4 Å². The van der Waals surface area contributed by atoms with Gasteiger partial charge in [0.2, 0.25) is 17.8 Å². The van der Waals surface area contributed by atoms with E-state index in [1.807, 2.05) is 32.0 Å². The number of fused-ring (bicyclic) bond motifs is 1. The monoisotopic (exact) mass is 512 g/mol. The number of benzene rings is 1. The van der Waals surface area contributed by atoms with Crippen molar-refractivity contribution in [1.82, 2.24) is 19.7 Å². The van der Waals surface area contributed by atoms with Crippen LogP contribution in [0.2, 0.25) is 0 Å². The molecule has 2 N–H and O–H groups in total. The summed E-state index contributed by atoms with van der Waals surface area (Å²) in [6.07, 6.45) is 4.99. The molecule has 0 radical (unpaired) electrons. The number of carbonyl (C=O) groups is 2. The van der Waals surface area contributed by atoms with Crippen molar-refractivity contribution in [2.24, 2.45) is 5.92 Å². The van der Waals surface area contributed by atoms with Gasteiger partial charge in [-0.2, -0.15) is 9.78 Å². The van der Waals surface area contributed by atoms with Crippen LogP contribution in [0.25, 0.3) is 17.4 Å². The SMILES string of the molecule is Cc1ccc(N2CC(C(=O)Nc3cc(-c4ccco4)nn3-c3nc4c(c(=O)[nH]3)CCCC4)CC2=O)cc1C. The largest absolute Gasteiger partial charge is 0.463 e. The molecule has 1 fully saturated rings. The number of furan rings is 1. The molecule has 10 nitrogen and oxygen atoms in total. The predicted octanol–water partition coefficient (Wildman–Crippen LogP) is 3.70. The molecule has 1 saturated heterocycles. The second-order valence-corrected chi connectivity index (χ2v) is 9.99. The van der Waals surface area contributed by atoms with Gasteiger partial charge in [-0.15, -0.1) is 0 Å². The quantitative estimate of drug-likeness (QED) is 0.420. The van der Waals surface area contributed by atoms with E-state index in [2.05, 4.69) is 20.4 Å². The highest BCUT2D eigenvalue weighted by Crippen LogP contribution is 2.29. The molecule has 0 saturated carbocycles. The lowest BCUT2D eigenvalue weighted by Gasteiger charge is -2.18. The molecule has 1 aliphatic carbocycles. The highest BCUT2D eigenvalue weighted by molar-refractivity contribution is 6.03. The molecule has 194 valence electrons. The fourth-order valence-electron chi connectivity index (χ4n) is 5.12. The molecule has 10 heteroatoms. The van der Waals surface area contributed by atoms with Crippen LogP contribution < -0.4 is 15.8 Å². The molecule has 1 aliphatic heterocycles. The number of hydrogen-bond acceptors (Lipinski definition) is 6. The summed E-state index contributed by atoms with van der Waals surface area (Å²) >= 11 is 0. The van der Waals surface area contributed by atoms with Crippen molar-refractivity contribution in [1.29, 1.82) is 0 Å². The lowest BCUT2D eigenvalue weighted by molar-refractivity contribution is -0.122. The number of H-pyrrole nitrogens is 1. The lowest BCUT2D eigenvalue weighted by Crippen LogP contribution is -2.29. The minimum atomic E-state index is -0.546. The van der Waals surface area contributed by atoms with Crippen LogP contribution >= 0.6 is 0 Å². The van der Waals surface area contributed by atoms with Gasteiger partial charge in [0, 0.05) is 30.3 Å². The summed E-state index contributed by atoms with van der Waals surface area (Å²) in [6.45, 7) is 4.30. The van der Waals surface area contributed by atoms with Crippen molar-refractivity contribution in [2.75, 3.05) is 16.8 Å². The van der Waals surface area contributed by atoms with Gasteiger partial charge in [0.1, 0.15) is 11.5 Å². The minimum absolute atomic E-state index is 0.0983. The zero-order valence-electron chi connectivity index (χ0n) is 21.3. The van der Waals surface area contributed by atoms with Gasteiger partial charge in [-0.3, -0.25) is 19.4 Å². The van der Waals surface area contributed by atoms with Gasteiger partial charge in [-0.05, 0) is 74.9 Å². The van der Waals surface area contributed by atoms with Gasteiger partial charge in [-0.1, -0.05) is 6.07 Å². The molecule has 1 atom stereocenters. The smallest absolute Gasteiger partial charge is 0.255 e. The molecule has 38 heavy (non-hydrogen) atoms. The highest BCUT2D eigenvalue weighted by Gasteiger charge is 2.36. The Balaban J connectivity index is 1.30.